The van der Waals surface area contributed by atoms with Crippen LogP contribution in [0.25, 0.3) is 11.0 Å². The molecule has 2 aromatic heterocycles. The smallest absolute Gasteiger partial charge is 0.487 e. The summed E-state index contributed by atoms with van der Waals surface area (Å²) < 4.78 is 89.6. The van der Waals surface area contributed by atoms with Crippen LogP contribution in [0.3, 0.4) is 0 Å². The molecule has 0 amide bonds. The van der Waals surface area contributed by atoms with Crippen LogP contribution in [0.2, 0.25) is 0 Å². The van der Waals surface area contributed by atoms with E-state index in [4.69, 9.17) is 21.1 Å². The first-order valence-corrected chi connectivity index (χ1v) is 10.00. The lowest BCUT2D eigenvalue weighted by molar-refractivity contribution is -0.153. The first-order chi connectivity index (χ1) is 14.4. The molecular weight excluding hydrogens is 473 g/mol. The van der Waals surface area contributed by atoms with Crippen LogP contribution < -0.4 is 14.2 Å². The highest BCUT2D eigenvalue weighted by Gasteiger charge is 2.30. The maximum Gasteiger partial charge on any atom is 0.487 e. The van der Waals surface area contributed by atoms with Crippen LogP contribution in [0.15, 0.2) is 35.6 Å². The van der Waals surface area contributed by atoms with Gasteiger partial charge in [-0.2, -0.15) is 13.2 Å². The van der Waals surface area contributed by atoms with Crippen molar-refractivity contribution in [1.82, 2.24) is 15.0 Å². The molecule has 1 aromatic carbocycles. The van der Waals surface area contributed by atoms with E-state index >= 15 is 0 Å². The van der Waals surface area contributed by atoms with E-state index in [0.29, 0.717) is 5.52 Å². The van der Waals surface area contributed by atoms with Crippen LogP contribution in [0.4, 0.5) is 22.0 Å². The average molecular weight is 486 g/mol. The third kappa shape index (κ3) is 6.17. The van der Waals surface area contributed by atoms with Gasteiger partial charge in [-0.1, -0.05) is 0 Å². The molecule has 0 radical (unpaired) electrons. The van der Waals surface area contributed by atoms with E-state index < -0.39 is 29.2 Å². The quantitative estimate of drug-likeness (QED) is 0.376. The lowest BCUT2D eigenvalue weighted by Crippen LogP contribution is -2.19. The van der Waals surface area contributed by atoms with Crippen molar-refractivity contribution in [3.63, 3.8) is 0 Å². The summed E-state index contributed by atoms with van der Waals surface area (Å²) in [5.74, 6) is -0.826. The number of nitrogens with zero attached hydrogens (tertiary/aromatic N) is 2. The molecular formula is C17H13ClF5N3O4S. The van der Waals surface area contributed by atoms with Crippen LogP contribution in [0.5, 0.6) is 17.2 Å². The number of hydrogen-bond acceptors (Lipinski definition) is 6. The Labute approximate surface area is 178 Å². The van der Waals surface area contributed by atoms with Gasteiger partial charge in [0.15, 0.2) is 23.3 Å². The second-order valence-electron chi connectivity index (χ2n) is 5.95. The number of halogens is 6. The fraction of sp³-hybridized carbons (Fsp3) is 0.294. The van der Waals surface area contributed by atoms with Gasteiger partial charge in [0.2, 0.25) is 0 Å². The van der Waals surface area contributed by atoms with E-state index in [-0.39, 0.29) is 39.4 Å². The number of imidazole rings is 1. The van der Waals surface area contributed by atoms with Crippen LogP contribution in [-0.4, -0.2) is 44.6 Å². The van der Waals surface area contributed by atoms with Crippen LogP contribution >= 0.6 is 11.6 Å². The van der Waals surface area contributed by atoms with Crippen molar-refractivity contribution in [2.24, 2.45) is 0 Å². The molecule has 1 N–H and O–H groups in total. The van der Waals surface area contributed by atoms with Crippen LogP contribution in [0, 0.1) is 0 Å². The van der Waals surface area contributed by atoms with Crippen molar-refractivity contribution in [2.75, 3.05) is 13.7 Å². The molecule has 3 rings (SSSR count). The number of ether oxygens (including phenoxy) is 3. The summed E-state index contributed by atoms with van der Waals surface area (Å²) in [5, 5.41) is -0.0183. The van der Waals surface area contributed by atoms with Gasteiger partial charge in [0.05, 0.1) is 40.4 Å². The lowest BCUT2D eigenvalue weighted by Gasteiger charge is -2.14. The third-order valence-corrected chi connectivity index (χ3v) is 4.92. The fourth-order valence-corrected chi connectivity index (χ4v) is 3.63. The Bertz CT molecular complexity index is 1100. The number of fused-ring (bicyclic) bond motifs is 1. The van der Waals surface area contributed by atoms with E-state index in [1.165, 1.54) is 37.6 Å². The van der Waals surface area contributed by atoms with Crippen molar-refractivity contribution in [1.29, 1.82) is 0 Å². The Morgan fingerprint density at radius 2 is 1.94 bits per heavy atom. The molecule has 168 valence electrons. The summed E-state index contributed by atoms with van der Waals surface area (Å²) in [6.07, 6.45) is -3.36. The molecule has 0 aliphatic heterocycles. The number of pyridine rings is 1. The molecule has 31 heavy (non-hydrogen) atoms. The summed E-state index contributed by atoms with van der Waals surface area (Å²) in [7, 11) is -0.628. The molecule has 0 aliphatic carbocycles. The van der Waals surface area contributed by atoms with Gasteiger partial charge in [-0.3, -0.25) is 9.19 Å². The maximum absolute atomic E-state index is 12.8. The van der Waals surface area contributed by atoms with Crippen molar-refractivity contribution < 1.29 is 40.4 Å². The molecule has 2 heterocycles. The number of methoxy groups -OCH3 is 1. The molecule has 0 saturated heterocycles. The highest BCUT2D eigenvalue weighted by Crippen LogP contribution is 2.32. The maximum atomic E-state index is 12.8. The molecule has 3 aromatic rings. The van der Waals surface area contributed by atoms with Crippen molar-refractivity contribution >= 4 is 33.4 Å². The Morgan fingerprint density at radius 1 is 1.19 bits per heavy atom. The van der Waals surface area contributed by atoms with Gasteiger partial charge in [-0.05, 0) is 12.1 Å². The Kier molecular flexibility index (Phi) is 6.55. The van der Waals surface area contributed by atoms with Gasteiger partial charge in [-0.15, -0.1) is 8.78 Å². The molecule has 0 spiro atoms. The number of aromatic nitrogens is 3. The second-order valence-corrected chi connectivity index (χ2v) is 7.76. The minimum atomic E-state index is -4.55. The summed E-state index contributed by atoms with van der Waals surface area (Å²) in [6.45, 7) is -1.54. The summed E-state index contributed by atoms with van der Waals surface area (Å²) in [4.78, 5) is 10.8. The van der Waals surface area contributed by atoms with Crippen LogP contribution in [-0.2, 0) is 16.6 Å². The third-order valence-electron chi connectivity index (χ3n) is 3.69. The normalized spacial score (nSPS) is 13.3. The van der Waals surface area contributed by atoms with Gasteiger partial charge < -0.3 is 19.2 Å². The van der Waals surface area contributed by atoms with E-state index in [0.717, 1.165) is 0 Å². The topological polar surface area (TPSA) is 86.3 Å². The molecule has 1 unspecified atom stereocenters. The molecule has 0 aliphatic rings. The lowest BCUT2D eigenvalue weighted by atomic mass is 10.3. The first-order valence-electron chi connectivity index (χ1n) is 8.30. The largest absolute Gasteiger partial charge is 0.491 e. The summed E-state index contributed by atoms with van der Waals surface area (Å²) in [6, 6.07) is 4.95. The summed E-state index contributed by atoms with van der Waals surface area (Å²) in [5.41, 5.74) is -3.26. The second kappa shape index (κ2) is 8.83. The zero-order chi connectivity index (χ0) is 22.8. The van der Waals surface area contributed by atoms with Crippen molar-refractivity contribution in [2.45, 2.75) is 22.7 Å². The molecule has 0 saturated carbocycles. The number of hydrogen-bond donors (Lipinski definition) is 1. The van der Waals surface area contributed by atoms with E-state index in [2.05, 4.69) is 19.7 Å². The SMILES string of the molecule is COc1c(OCC(F)(F)F)ccnc1CS(=O)c1nc2ccc(OC(F)(F)Cl)cc2[nH]1. The summed E-state index contributed by atoms with van der Waals surface area (Å²) >= 11 is 4.73. The molecule has 0 bridgehead atoms. The molecule has 14 heteroatoms. The van der Waals surface area contributed by atoms with Gasteiger partial charge in [-0.25, -0.2) is 4.98 Å². The van der Waals surface area contributed by atoms with E-state index in [1.54, 1.807) is 0 Å². The van der Waals surface area contributed by atoms with Gasteiger partial charge in [0, 0.05) is 29.9 Å². The van der Waals surface area contributed by atoms with E-state index in [1.807, 2.05) is 0 Å². The van der Waals surface area contributed by atoms with E-state index in [9.17, 15) is 26.2 Å². The van der Waals surface area contributed by atoms with Gasteiger partial charge in [0.25, 0.3) is 0 Å². The predicted octanol–water partition coefficient (Wildman–Crippen LogP) is 4.38. The Hall–Kier alpha value is -2.67. The number of aromatic amines is 1. The number of benzene rings is 1. The zero-order valence-corrected chi connectivity index (χ0v) is 17.1. The number of rotatable bonds is 8. The van der Waals surface area contributed by atoms with Crippen molar-refractivity contribution in [3.05, 3.63) is 36.2 Å². The highest BCUT2D eigenvalue weighted by atomic mass is 35.5. The monoisotopic (exact) mass is 485 g/mol. The zero-order valence-electron chi connectivity index (χ0n) is 15.5. The standard InChI is InChI=1S/C17H13ClF5N3O4S/c1-28-14-12(24-5-4-13(14)29-8-16(19,20)21)7-31(27)15-25-10-3-2-9(6-11(10)26-15)30-17(18,22)23/h2-6H,7-8H2,1H3,(H,25,26). The fourth-order valence-electron chi connectivity index (χ4n) is 2.53. The number of nitrogens with one attached hydrogen (secondary N) is 1. The minimum Gasteiger partial charge on any atom is -0.491 e. The Balaban J connectivity index is 1.81. The number of alkyl halides is 6. The predicted molar refractivity (Wildman–Crippen MR) is 100.0 cm³/mol. The molecule has 7 nitrogen and oxygen atoms in total. The molecule has 0 fully saturated rings. The van der Waals surface area contributed by atoms with Crippen molar-refractivity contribution in [3.8, 4) is 17.2 Å². The molecule has 1 atom stereocenters. The first kappa shape index (κ1) is 23.0. The average Bonchev–Trinajstić information content (AvgIpc) is 3.08. The van der Waals surface area contributed by atoms with Crippen LogP contribution in [0.1, 0.15) is 5.69 Å². The van der Waals surface area contributed by atoms with Gasteiger partial charge >= 0.3 is 11.7 Å². The van der Waals surface area contributed by atoms with Gasteiger partial charge in [0.1, 0.15) is 5.75 Å². The minimum absolute atomic E-state index is 0.0183. The Morgan fingerprint density at radius 3 is 2.58 bits per heavy atom. The highest BCUT2D eigenvalue weighted by molar-refractivity contribution is 7.84. The number of H-pyrrole nitrogens is 1.